The number of nitrogens with zero attached hydrogens (tertiary/aromatic N) is 5. The summed E-state index contributed by atoms with van der Waals surface area (Å²) < 4.78 is 29.1. The van der Waals surface area contributed by atoms with Crippen molar-refractivity contribution in [2.75, 3.05) is 40.7 Å². The van der Waals surface area contributed by atoms with Gasteiger partial charge in [-0.05, 0) is 87.3 Å². The van der Waals surface area contributed by atoms with E-state index in [0.29, 0.717) is 101 Å². The first kappa shape index (κ1) is 41.4. The van der Waals surface area contributed by atoms with Crippen LogP contribution < -0.4 is 29.0 Å². The van der Waals surface area contributed by atoms with Crippen LogP contribution in [0.15, 0.2) is 72.1 Å². The lowest BCUT2D eigenvalue weighted by molar-refractivity contribution is -0.143. The summed E-state index contributed by atoms with van der Waals surface area (Å²) in [6, 6.07) is 18.2. The quantitative estimate of drug-likeness (QED) is 0.128. The van der Waals surface area contributed by atoms with E-state index >= 15 is 0 Å². The fraction of sp³-hybridized carbons (Fsp3) is 0.429. The fourth-order valence-electron chi connectivity index (χ4n) is 9.90. The number of aryl methyl sites for hydroxylation is 1. The van der Waals surface area contributed by atoms with E-state index in [4.69, 9.17) is 28.8 Å². The number of hydrogen-bond acceptors (Lipinski definition) is 11. The van der Waals surface area contributed by atoms with Gasteiger partial charge in [-0.3, -0.25) is 14.4 Å². The second-order valence-corrected chi connectivity index (χ2v) is 17.5. The number of hydrogen-bond donors (Lipinski definition) is 2. The Morgan fingerprint density at radius 3 is 2.42 bits per heavy atom. The summed E-state index contributed by atoms with van der Waals surface area (Å²) in [6.07, 6.45) is 8.87. The van der Waals surface area contributed by atoms with E-state index in [1.165, 1.54) is 6.33 Å². The maximum atomic E-state index is 14.6. The first-order valence-electron chi connectivity index (χ1n) is 22.5. The molecule has 2 aromatic heterocycles. The average molecular weight is 868 g/mol. The molecule has 64 heavy (non-hydrogen) atoms. The third-order valence-electron chi connectivity index (χ3n) is 13.5. The van der Waals surface area contributed by atoms with Crippen molar-refractivity contribution < 1.29 is 38.1 Å². The van der Waals surface area contributed by atoms with Crippen molar-refractivity contribution in [3.63, 3.8) is 0 Å². The highest BCUT2D eigenvalue weighted by Gasteiger charge is 2.44. The van der Waals surface area contributed by atoms with E-state index in [1.54, 1.807) is 19.2 Å². The molecule has 3 atom stereocenters. The molecule has 10 rings (SSSR count). The van der Waals surface area contributed by atoms with Crippen molar-refractivity contribution in [3.05, 3.63) is 89.4 Å². The largest absolute Gasteiger partial charge is 0.493 e. The number of H-pyrrole nitrogens is 1. The molecule has 15 heteroatoms. The van der Waals surface area contributed by atoms with Crippen LogP contribution >= 0.6 is 0 Å². The van der Waals surface area contributed by atoms with E-state index in [1.807, 2.05) is 72.5 Å². The van der Waals surface area contributed by atoms with E-state index < -0.39 is 11.9 Å². The molecule has 0 unspecified atom stereocenters. The van der Waals surface area contributed by atoms with Gasteiger partial charge in [0.2, 0.25) is 18.6 Å². The number of nitrogens with one attached hydrogen (secondary N) is 2. The lowest BCUT2D eigenvalue weighted by Gasteiger charge is -2.43. The van der Waals surface area contributed by atoms with Crippen molar-refractivity contribution in [1.29, 1.82) is 0 Å². The van der Waals surface area contributed by atoms with Crippen LogP contribution in [0.1, 0.15) is 78.5 Å². The number of aromatic amines is 1. The molecular weight excluding hydrogens is 815 g/mol. The third kappa shape index (κ3) is 7.85. The summed E-state index contributed by atoms with van der Waals surface area (Å²) in [6.45, 7) is 3.28. The van der Waals surface area contributed by atoms with Crippen LogP contribution in [0.25, 0.3) is 22.3 Å². The molecule has 3 aromatic carbocycles. The monoisotopic (exact) mass is 867 g/mol. The standard InChI is InChI=1S/C49H53N7O8/c1-28-40(43-45(52-28)44(51-26-50-43)41-37(62-25-30-13-14-30)17-18-38-46(41)64-27-63-38)47(57)53-35(23-29-9-5-4-6-10-29)49(59)55-21-19-32(20-22-55)56-48(58)34-12-8-7-11-33(34)42(54-56)31-15-16-36(60-2)39(24-31)61-3/h4-6,9-10,15-18,24,26,30,32-35,52H,7-8,11-14,19-23,25,27H2,1-3H3,(H,53,57)/t33-,34+,35+/m0/s1. The topological polar surface area (TPSA) is 170 Å². The number of likely N-dealkylation sites (tertiary alicyclic amines) is 1. The number of piperidine rings is 1. The van der Waals surface area contributed by atoms with Gasteiger partial charge >= 0.3 is 0 Å². The first-order valence-corrected chi connectivity index (χ1v) is 22.5. The zero-order valence-electron chi connectivity index (χ0n) is 36.4. The van der Waals surface area contributed by atoms with Crippen molar-refractivity contribution >= 4 is 34.5 Å². The second kappa shape index (κ2) is 17.5. The maximum absolute atomic E-state index is 14.6. The Balaban J connectivity index is 0.901. The zero-order chi connectivity index (χ0) is 43.9. The van der Waals surface area contributed by atoms with Crippen molar-refractivity contribution in [1.82, 2.24) is 30.2 Å². The summed E-state index contributed by atoms with van der Waals surface area (Å²) in [5.74, 6) is 2.82. The highest BCUT2D eigenvalue weighted by molar-refractivity contribution is 6.11. The molecule has 3 aliphatic heterocycles. The summed E-state index contributed by atoms with van der Waals surface area (Å²) >= 11 is 0. The van der Waals surface area contributed by atoms with E-state index in [9.17, 15) is 14.4 Å². The molecule has 15 nitrogen and oxygen atoms in total. The van der Waals surface area contributed by atoms with Gasteiger partial charge in [0.05, 0.1) is 49.2 Å². The molecule has 1 saturated heterocycles. The number of carbonyl (C=O) groups excluding carboxylic acids is 3. The highest BCUT2D eigenvalue weighted by atomic mass is 16.7. The van der Waals surface area contributed by atoms with Crippen LogP contribution in [0.4, 0.5) is 0 Å². The molecule has 3 amide bonds. The molecule has 3 fully saturated rings. The molecule has 2 N–H and O–H groups in total. The molecule has 5 heterocycles. The molecule has 5 aromatic rings. The molecule has 332 valence electrons. The van der Waals surface area contributed by atoms with E-state index in [2.05, 4.69) is 20.3 Å². The van der Waals surface area contributed by atoms with Gasteiger partial charge in [0.25, 0.3) is 5.91 Å². The maximum Gasteiger partial charge on any atom is 0.255 e. The van der Waals surface area contributed by atoms with Gasteiger partial charge in [-0.25, -0.2) is 15.0 Å². The third-order valence-corrected chi connectivity index (χ3v) is 13.5. The minimum Gasteiger partial charge on any atom is -0.493 e. The predicted molar refractivity (Wildman–Crippen MR) is 238 cm³/mol. The lowest BCUT2D eigenvalue weighted by atomic mass is 9.73. The molecule has 0 bridgehead atoms. The van der Waals surface area contributed by atoms with Crippen LogP contribution in [0, 0.1) is 24.7 Å². The van der Waals surface area contributed by atoms with Crippen LogP contribution in [-0.2, 0) is 16.0 Å². The Labute approximate surface area is 371 Å². The first-order chi connectivity index (χ1) is 31.3. The molecular formula is C49H53N7O8. The number of fused-ring (bicyclic) bond motifs is 3. The van der Waals surface area contributed by atoms with Crippen molar-refractivity contribution in [2.24, 2.45) is 22.9 Å². The number of rotatable bonds is 13. The van der Waals surface area contributed by atoms with Gasteiger partial charge in [-0.2, -0.15) is 5.10 Å². The second-order valence-electron chi connectivity index (χ2n) is 17.5. The van der Waals surface area contributed by atoms with Gasteiger partial charge in [0, 0.05) is 42.6 Å². The highest BCUT2D eigenvalue weighted by Crippen LogP contribution is 2.48. The Morgan fingerprint density at radius 1 is 0.891 bits per heavy atom. The van der Waals surface area contributed by atoms with E-state index in [0.717, 1.165) is 55.4 Å². The Hall–Kier alpha value is -6.64. The van der Waals surface area contributed by atoms with Gasteiger partial charge in [-0.15, -0.1) is 0 Å². The number of carbonyl (C=O) groups is 3. The molecule has 0 spiro atoms. The Morgan fingerprint density at radius 2 is 1.66 bits per heavy atom. The summed E-state index contributed by atoms with van der Waals surface area (Å²) in [4.78, 5) is 57.8. The van der Waals surface area contributed by atoms with E-state index in [-0.39, 0.29) is 42.9 Å². The number of amides is 3. The van der Waals surface area contributed by atoms with Crippen LogP contribution in [0.2, 0.25) is 0 Å². The van der Waals surface area contributed by atoms with Crippen LogP contribution in [0.3, 0.4) is 0 Å². The average Bonchev–Trinajstić information content (AvgIpc) is 3.92. The van der Waals surface area contributed by atoms with Crippen LogP contribution in [0.5, 0.6) is 28.7 Å². The molecule has 2 saturated carbocycles. The van der Waals surface area contributed by atoms with Gasteiger partial charge in [0.1, 0.15) is 29.3 Å². The number of ether oxygens (including phenoxy) is 5. The van der Waals surface area contributed by atoms with Crippen LogP contribution in [-0.4, -0.2) is 101 Å². The number of aromatic nitrogens is 3. The van der Waals surface area contributed by atoms with Crippen molar-refractivity contribution in [3.8, 4) is 40.0 Å². The van der Waals surface area contributed by atoms with Gasteiger partial charge in [0.15, 0.2) is 23.0 Å². The lowest BCUT2D eigenvalue weighted by Crippen LogP contribution is -2.56. The normalized spacial score (nSPS) is 20.1. The fourth-order valence-corrected chi connectivity index (χ4v) is 9.90. The predicted octanol–water partition coefficient (Wildman–Crippen LogP) is 6.85. The summed E-state index contributed by atoms with van der Waals surface area (Å²) in [5.41, 5.74) is 5.73. The number of methoxy groups -OCH3 is 2. The Kier molecular flexibility index (Phi) is 11.3. The number of hydrazone groups is 1. The summed E-state index contributed by atoms with van der Waals surface area (Å²) in [7, 11) is 3.23. The van der Waals surface area contributed by atoms with Gasteiger partial charge in [-0.1, -0.05) is 43.2 Å². The summed E-state index contributed by atoms with van der Waals surface area (Å²) in [5, 5.41) is 9.94. The minimum atomic E-state index is -0.878. The molecule has 0 radical (unpaired) electrons. The smallest absolute Gasteiger partial charge is 0.255 e. The van der Waals surface area contributed by atoms with Crippen molar-refractivity contribution in [2.45, 2.75) is 76.8 Å². The zero-order valence-corrected chi connectivity index (χ0v) is 36.4. The SMILES string of the molecule is COc1ccc(C2=NN(C3CCN(C(=O)[C@@H](Cc4ccccc4)NC(=O)c4c(C)[nH]c5c(-c6c(OCC7CC7)ccc7c6OCO7)ncnc45)CC3)C(=O)[C@@H]3CCCC[C@H]23)cc1OC. The Bertz CT molecular complexity index is 2620. The van der Waals surface area contributed by atoms with Gasteiger partial charge < -0.3 is 38.9 Å². The molecule has 2 aliphatic carbocycles. The minimum absolute atomic E-state index is 0.0320. The molecule has 5 aliphatic rings. The number of benzene rings is 3.